The lowest BCUT2D eigenvalue weighted by Crippen LogP contribution is -2.31. The second-order valence-corrected chi connectivity index (χ2v) is 7.49. The molecule has 0 bridgehead atoms. The number of nitrogens with one attached hydrogen (secondary N) is 2. The summed E-state index contributed by atoms with van der Waals surface area (Å²) in [5.74, 6) is 0. The van der Waals surface area contributed by atoms with Gasteiger partial charge in [-0.15, -0.1) is 0 Å². The number of aryl methyl sites for hydroxylation is 1. The Balaban J connectivity index is 1.94. The van der Waals surface area contributed by atoms with Crippen molar-refractivity contribution in [3.8, 4) is 0 Å². The van der Waals surface area contributed by atoms with Crippen LogP contribution in [0.2, 0.25) is 0 Å². The van der Waals surface area contributed by atoms with Gasteiger partial charge in [-0.1, -0.05) is 50.6 Å². The van der Waals surface area contributed by atoms with Gasteiger partial charge in [-0.05, 0) is 55.6 Å². The van der Waals surface area contributed by atoms with Gasteiger partial charge in [0.05, 0.1) is 0 Å². The minimum atomic E-state index is -0.110. The van der Waals surface area contributed by atoms with Gasteiger partial charge in [0.15, 0.2) is 0 Å². The predicted octanol–water partition coefficient (Wildman–Crippen LogP) is 5.30. The number of allylic oxidation sites excluding steroid dienone is 1. The molecule has 23 heavy (non-hydrogen) atoms. The number of hydrogen-bond acceptors (Lipinski definition) is 1. The van der Waals surface area contributed by atoms with E-state index >= 15 is 0 Å². The summed E-state index contributed by atoms with van der Waals surface area (Å²) >= 11 is 0. The zero-order chi connectivity index (χ0) is 16.9. The molecular formula is C20H30N2O. The van der Waals surface area contributed by atoms with Crippen LogP contribution in [0.1, 0.15) is 64.0 Å². The number of anilines is 1. The Kier molecular flexibility index (Phi) is 5.86. The van der Waals surface area contributed by atoms with E-state index in [0.29, 0.717) is 6.54 Å². The van der Waals surface area contributed by atoms with E-state index in [1.807, 2.05) is 13.0 Å². The first-order valence-corrected chi connectivity index (χ1v) is 8.71. The van der Waals surface area contributed by atoms with Crippen LogP contribution >= 0.6 is 0 Å². The fourth-order valence-corrected chi connectivity index (χ4v) is 3.08. The summed E-state index contributed by atoms with van der Waals surface area (Å²) in [5.41, 5.74) is 4.70. The molecule has 1 aromatic rings. The first-order valence-electron chi connectivity index (χ1n) is 8.71. The minimum Gasteiger partial charge on any atom is -0.338 e. The maximum absolute atomic E-state index is 12.2. The molecule has 0 fully saturated rings. The highest BCUT2D eigenvalue weighted by molar-refractivity contribution is 5.91. The van der Waals surface area contributed by atoms with E-state index in [0.717, 1.165) is 17.7 Å². The minimum absolute atomic E-state index is 0.00153. The van der Waals surface area contributed by atoms with Gasteiger partial charge in [-0.25, -0.2) is 4.79 Å². The van der Waals surface area contributed by atoms with Crippen molar-refractivity contribution in [2.45, 2.75) is 65.2 Å². The number of urea groups is 1. The summed E-state index contributed by atoms with van der Waals surface area (Å²) < 4.78 is 0. The molecule has 126 valence electrons. The second-order valence-electron chi connectivity index (χ2n) is 7.49. The number of benzene rings is 1. The fraction of sp³-hybridized carbons (Fsp3) is 0.550. The summed E-state index contributed by atoms with van der Waals surface area (Å²) in [5, 5.41) is 6.05. The van der Waals surface area contributed by atoms with Crippen LogP contribution in [0.3, 0.4) is 0 Å². The van der Waals surface area contributed by atoms with Gasteiger partial charge >= 0.3 is 6.03 Å². The highest BCUT2D eigenvalue weighted by Gasteiger charge is 2.20. The summed E-state index contributed by atoms with van der Waals surface area (Å²) in [4.78, 5) is 12.2. The first-order chi connectivity index (χ1) is 10.9. The summed E-state index contributed by atoms with van der Waals surface area (Å²) in [7, 11) is 0. The lowest BCUT2D eigenvalue weighted by molar-refractivity contribution is 0.252. The number of carbonyl (C=O) groups excluding carboxylic acids is 1. The standard InChI is InChI=1S/C20H30N2O/c1-15-9-8-12-17(20(2,3)4)18(15)22-19(23)21-14-13-16-10-6-5-7-11-16/h8-10,12H,5-7,11,13-14H2,1-4H3,(H2,21,22,23). The SMILES string of the molecule is Cc1cccc(C(C)(C)C)c1NC(=O)NCCC1=CCCCC1. The zero-order valence-corrected chi connectivity index (χ0v) is 15.0. The average Bonchev–Trinajstić information content (AvgIpc) is 2.49. The Hall–Kier alpha value is -1.77. The molecule has 0 saturated heterocycles. The van der Waals surface area contributed by atoms with Crippen LogP contribution in [-0.4, -0.2) is 12.6 Å². The maximum atomic E-state index is 12.2. The van der Waals surface area contributed by atoms with Crippen LogP contribution in [0.25, 0.3) is 0 Å². The smallest absolute Gasteiger partial charge is 0.319 e. The Morgan fingerprint density at radius 2 is 2.00 bits per heavy atom. The Morgan fingerprint density at radius 3 is 2.65 bits per heavy atom. The number of carbonyl (C=O) groups is 1. The maximum Gasteiger partial charge on any atom is 0.319 e. The molecule has 0 saturated carbocycles. The Bertz CT molecular complexity index is 582. The van der Waals surface area contributed by atoms with Crippen molar-refractivity contribution in [2.75, 3.05) is 11.9 Å². The summed E-state index contributed by atoms with van der Waals surface area (Å²) in [6.07, 6.45) is 8.28. The van der Waals surface area contributed by atoms with E-state index in [-0.39, 0.29) is 11.4 Å². The molecule has 0 aliphatic heterocycles. The molecule has 0 heterocycles. The van der Waals surface area contributed by atoms with Gasteiger partial charge < -0.3 is 10.6 Å². The second kappa shape index (κ2) is 7.67. The third kappa shape index (κ3) is 5.12. The topological polar surface area (TPSA) is 41.1 Å². The number of para-hydroxylation sites is 1. The van der Waals surface area contributed by atoms with Crippen molar-refractivity contribution < 1.29 is 4.79 Å². The molecule has 0 spiro atoms. The van der Waals surface area contributed by atoms with Crippen LogP contribution in [0.5, 0.6) is 0 Å². The van der Waals surface area contributed by atoms with E-state index in [2.05, 4.69) is 49.6 Å². The molecule has 2 rings (SSSR count). The molecule has 0 atom stereocenters. The number of amides is 2. The van der Waals surface area contributed by atoms with Gasteiger partial charge in [-0.3, -0.25) is 0 Å². The number of hydrogen-bond donors (Lipinski definition) is 2. The molecule has 1 aliphatic carbocycles. The third-order valence-corrected chi connectivity index (χ3v) is 4.44. The van der Waals surface area contributed by atoms with E-state index < -0.39 is 0 Å². The molecule has 1 aliphatic rings. The monoisotopic (exact) mass is 314 g/mol. The van der Waals surface area contributed by atoms with Gasteiger partial charge in [0.25, 0.3) is 0 Å². The van der Waals surface area contributed by atoms with Crippen molar-refractivity contribution in [3.05, 3.63) is 41.0 Å². The Morgan fingerprint density at radius 1 is 1.22 bits per heavy atom. The highest BCUT2D eigenvalue weighted by atomic mass is 16.2. The number of rotatable bonds is 4. The van der Waals surface area contributed by atoms with Crippen LogP contribution in [0.4, 0.5) is 10.5 Å². The van der Waals surface area contributed by atoms with Crippen molar-refractivity contribution in [3.63, 3.8) is 0 Å². The molecule has 0 unspecified atom stereocenters. The largest absolute Gasteiger partial charge is 0.338 e. The molecule has 3 nitrogen and oxygen atoms in total. The van der Waals surface area contributed by atoms with E-state index in [1.54, 1.807) is 0 Å². The van der Waals surface area contributed by atoms with Crippen molar-refractivity contribution in [1.82, 2.24) is 5.32 Å². The molecular weight excluding hydrogens is 284 g/mol. The lowest BCUT2D eigenvalue weighted by atomic mass is 9.84. The quantitative estimate of drug-likeness (QED) is 0.727. The van der Waals surface area contributed by atoms with E-state index in [1.165, 1.54) is 36.8 Å². The van der Waals surface area contributed by atoms with E-state index in [9.17, 15) is 4.79 Å². The van der Waals surface area contributed by atoms with Gasteiger partial charge in [-0.2, -0.15) is 0 Å². The van der Waals surface area contributed by atoms with Gasteiger partial charge in [0.1, 0.15) is 0 Å². The fourth-order valence-electron chi connectivity index (χ4n) is 3.08. The summed E-state index contributed by atoms with van der Waals surface area (Å²) in [6.45, 7) is 9.24. The van der Waals surface area contributed by atoms with E-state index in [4.69, 9.17) is 0 Å². The Labute approximate surface area is 140 Å². The average molecular weight is 314 g/mol. The van der Waals surface area contributed by atoms with Crippen LogP contribution in [0, 0.1) is 6.92 Å². The van der Waals surface area contributed by atoms with Crippen LogP contribution < -0.4 is 10.6 Å². The first kappa shape index (κ1) is 17.6. The zero-order valence-electron chi connectivity index (χ0n) is 15.0. The van der Waals surface area contributed by atoms with Crippen LogP contribution in [-0.2, 0) is 5.41 Å². The molecule has 1 aromatic carbocycles. The van der Waals surface area contributed by atoms with Crippen molar-refractivity contribution >= 4 is 11.7 Å². The molecule has 2 amide bonds. The van der Waals surface area contributed by atoms with Crippen molar-refractivity contribution in [1.29, 1.82) is 0 Å². The summed E-state index contributed by atoms with van der Waals surface area (Å²) in [6, 6.07) is 6.07. The highest BCUT2D eigenvalue weighted by Crippen LogP contribution is 2.31. The molecule has 2 N–H and O–H groups in total. The molecule has 0 aromatic heterocycles. The van der Waals surface area contributed by atoms with Crippen molar-refractivity contribution in [2.24, 2.45) is 0 Å². The normalized spacial score (nSPS) is 15.0. The third-order valence-electron chi connectivity index (χ3n) is 4.44. The van der Waals surface area contributed by atoms with Gasteiger partial charge in [0.2, 0.25) is 0 Å². The van der Waals surface area contributed by atoms with Crippen LogP contribution in [0.15, 0.2) is 29.8 Å². The molecule has 3 heteroatoms. The molecule has 0 radical (unpaired) electrons. The van der Waals surface area contributed by atoms with Gasteiger partial charge in [0, 0.05) is 12.2 Å². The lowest BCUT2D eigenvalue weighted by Gasteiger charge is -2.24. The predicted molar refractivity (Wildman–Crippen MR) is 98.1 cm³/mol.